The molecule has 0 bridgehead atoms. The van der Waals surface area contributed by atoms with Crippen LogP contribution < -0.4 is 5.32 Å². The molecule has 2 aromatic carbocycles. The molecular weight excluding hydrogens is 404 g/mol. The number of amides is 2. The van der Waals surface area contributed by atoms with Gasteiger partial charge >= 0.3 is 0 Å². The fourth-order valence-corrected chi connectivity index (χ4v) is 4.00. The quantitative estimate of drug-likeness (QED) is 0.617. The minimum absolute atomic E-state index is 0.0255. The Bertz CT molecular complexity index is 841. The predicted molar refractivity (Wildman–Crippen MR) is 122 cm³/mol. The van der Waals surface area contributed by atoms with Gasteiger partial charge in [-0.2, -0.15) is 0 Å². The Morgan fingerprint density at radius 2 is 1.83 bits per heavy atom. The normalized spacial score (nSPS) is 11.9. The monoisotopic (exact) mass is 432 g/mol. The first-order valence-corrected chi connectivity index (χ1v) is 11.3. The predicted octanol–water partition coefficient (Wildman–Crippen LogP) is 4.82. The van der Waals surface area contributed by atoms with E-state index in [0.717, 1.165) is 16.7 Å². The fourth-order valence-electron chi connectivity index (χ4n) is 2.92. The summed E-state index contributed by atoms with van der Waals surface area (Å²) in [6.45, 7) is 8.05. The van der Waals surface area contributed by atoms with Crippen LogP contribution in [0, 0.1) is 6.92 Å². The van der Waals surface area contributed by atoms with E-state index in [2.05, 4.69) is 5.32 Å². The number of thioether (sulfide) groups is 1. The fraction of sp³-hybridized carbons (Fsp3) is 0.391. The van der Waals surface area contributed by atoms with Crippen LogP contribution >= 0.6 is 23.4 Å². The first kappa shape index (κ1) is 23.3. The first-order chi connectivity index (χ1) is 13.8. The van der Waals surface area contributed by atoms with Gasteiger partial charge in [-0.15, -0.1) is 11.8 Å². The van der Waals surface area contributed by atoms with Gasteiger partial charge in [0.05, 0.1) is 5.75 Å². The zero-order chi connectivity index (χ0) is 21.4. The third kappa shape index (κ3) is 7.41. The van der Waals surface area contributed by atoms with Crippen molar-refractivity contribution in [1.82, 2.24) is 10.2 Å². The molecule has 0 aliphatic heterocycles. The van der Waals surface area contributed by atoms with Gasteiger partial charge in [-0.3, -0.25) is 9.59 Å². The van der Waals surface area contributed by atoms with Gasteiger partial charge in [-0.1, -0.05) is 48.0 Å². The molecule has 0 saturated carbocycles. The molecule has 0 fully saturated rings. The number of hydrogen-bond donors (Lipinski definition) is 1. The molecule has 156 valence electrons. The average Bonchev–Trinajstić information content (AvgIpc) is 2.66. The summed E-state index contributed by atoms with van der Waals surface area (Å²) in [7, 11) is 0. The maximum atomic E-state index is 13.0. The van der Waals surface area contributed by atoms with E-state index in [1.165, 1.54) is 11.8 Å². The maximum absolute atomic E-state index is 13.0. The van der Waals surface area contributed by atoms with Crippen LogP contribution in [0.25, 0.3) is 0 Å². The lowest BCUT2D eigenvalue weighted by atomic mass is 10.1. The smallest absolute Gasteiger partial charge is 0.242 e. The van der Waals surface area contributed by atoms with Crippen molar-refractivity contribution in [2.24, 2.45) is 0 Å². The van der Waals surface area contributed by atoms with Crippen LogP contribution in [-0.4, -0.2) is 34.6 Å². The molecule has 0 aromatic heterocycles. The summed E-state index contributed by atoms with van der Waals surface area (Å²) >= 11 is 7.56. The first-order valence-electron chi connectivity index (χ1n) is 9.74. The molecule has 0 heterocycles. The Hall–Kier alpha value is -1.98. The molecule has 29 heavy (non-hydrogen) atoms. The third-order valence-corrected chi connectivity index (χ3v) is 5.81. The van der Waals surface area contributed by atoms with E-state index in [9.17, 15) is 9.59 Å². The molecule has 1 atom stereocenters. The third-order valence-electron chi connectivity index (χ3n) is 4.58. The van der Waals surface area contributed by atoms with Crippen molar-refractivity contribution in [1.29, 1.82) is 0 Å². The van der Waals surface area contributed by atoms with Gasteiger partial charge in [0.15, 0.2) is 0 Å². The highest BCUT2D eigenvalue weighted by Gasteiger charge is 2.26. The number of hydrogen-bond acceptors (Lipinski definition) is 3. The van der Waals surface area contributed by atoms with E-state index in [1.807, 2.05) is 69.3 Å². The summed E-state index contributed by atoms with van der Waals surface area (Å²) in [5, 5.41) is 3.60. The minimum Gasteiger partial charge on any atom is -0.352 e. The van der Waals surface area contributed by atoms with Crippen molar-refractivity contribution in [2.75, 3.05) is 5.75 Å². The number of nitrogens with one attached hydrogen (secondary N) is 1. The number of rotatable bonds is 9. The molecule has 4 nitrogen and oxygen atoms in total. The number of nitrogens with zero attached hydrogens (tertiary/aromatic N) is 1. The summed E-state index contributed by atoms with van der Waals surface area (Å²) in [5.41, 5.74) is 3.23. The highest BCUT2D eigenvalue weighted by molar-refractivity contribution is 7.99. The molecule has 0 aliphatic rings. The van der Waals surface area contributed by atoms with Gasteiger partial charge in [0, 0.05) is 23.4 Å². The van der Waals surface area contributed by atoms with Crippen molar-refractivity contribution < 1.29 is 9.59 Å². The molecule has 2 amide bonds. The zero-order valence-electron chi connectivity index (χ0n) is 17.4. The number of carbonyl (C=O) groups excluding carboxylic acids is 2. The summed E-state index contributed by atoms with van der Waals surface area (Å²) < 4.78 is 0. The lowest BCUT2D eigenvalue weighted by Crippen LogP contribution is -2.49. The highest BCUT2D eigenvalue weighted by Crippen LogP contribution is 2.19. The van der Waals surface area contributed by atoms with Gasteiger partial charge in [-0.05, 0) is 56.5 Å². The van der Waals surface area contributed by atoms with E-state index in [1.54, 1.807) is 11.8 Å². The Morgan fingerprint density at radius 1 is 1.10 bits per heavy atom. The number of aryl methyl sites for hydroxylation is 1. The zero-order valence-corrected chi connectivity index (χ0v) is 19.0. The van der Waals surface area contributed by atoms with Crippen molar-refractivity contribution in [3.05, 3.63) is 70.2 Å². The van der Waals surface area contributed by atoms with Crippen LogP contribution in [0.2, 0.25) is 5.02 Å². The van der Waals surface area contributed by atoms with Crippen LogP contribution in [0.15, 0.2) is 48.5 Å². The molecule has 0 aliphatic carbocycles. The highest BCUT2D eigenvalue weighted by atomic mass is 35.5. The van der Waals surface area contributed by atoms with Crippen LogP contribution in [-0.2, 0) is 21.9 Å². The molecule has 0 radical (unpaired) electrons. The largest absolute Gasteiger partial charge is 0.352 e. The maximum Gasteiger partial charge on any atom is 0.242 e. The molecule has 0 spiro atoms. The van der Waals surface area contributed by atoms with Crippen molar-refractivity contribution in [2.45, 2.75) is 52.1 Å². The van der Waals surface area contributed by atoms with E-state index in [-0.39, 0.29) is 17.9 Å². The second-order valence-corrected chi connectivity index (χ2v) is 8.83. The Labute approximate surface area is 183 Å². The molecule has 1 N–H and O–H groups in total. The van der Waals surface area contributed by atoms with Gasteiger partial charge in [0.2, 0.25) is 11.8 Å². The summed E-state index contributed by atoms with van der Waals surface area (Å²) in [4.78, 5) is 27.3. The van der Waals surface area contributed by atoms with Crippen molar-refractivity contribution in [3.63, 3.8) is 0 Å². The van der Waals surface area contributed by atoms with Crippen molar-refractivity contribution in [3.8, 4) is 0 Å². The number of halogens is 1. The van der Waals surface area contributed by atoms with E-state index in [4.69, 9.17) is 11.6 Å². The standard InChI is InChI=1S/C23H29ClN2O2S/c1-16(2)25-23(28)18(4)26(13-20-10-6-5-8-17(20)3)22(27)15-29-14-19-9-7-11-21(24)12-19/h5-12,16,18H,13-15H2,1-4H3,(H,25,28)/t18-/m1/s1. The Morgan fingerprint density at radius 3 is 2.48 bits per heavy atom. The second kappa shape index (κ2) is 11.3. The van der Waals surface area contributed by atoms with Crippen LogP contribution in [0.5, 0.6) is 0 Å². The molecule has 2 aromatic rings. The Balaban J connectivity index is 2.09. The topological polar surface area (TPSA) is 49.4 Å². The van der Waals surface area contributed by atoms with E-state index >= 15 is 0 Å². The van der Waals surface area contributed by atoms with E-state index in [0.29, 0.717) is 23.1 Å². The van der Waals surface area contributed by atoms with Gasteiger partial charge in [0.1, 0.15) is 6.04 Å². The number of carbonyl (C=O) groups is 2. The van der Waals surface area contributed by atoms with Gasteiger partial charge in [0.25, 0.3) is 0 Å². The van der Waals surface area contributed by atoms with Gasteiger partial charge < -0.3 is 10.2 Å². The van der Waals surface area contributed by atoms with Gasteiger partial charge in [-0.25, -0.2) is 0 Å². The molecule has 0 saturated heterocycles. The molecule has 2 rings (SSSR count). The summed E-state index contributed by atoms with van der Waals surface area (Å²) in [6, 6.07) is 15.1. The molecule has 6 heteroatoms. The van der Waals surface area contributed by atoms with Crippen molar-refractivity contribution >= 4 is 35.2 Å². The SMILES string of the molecule is Cc1ccccc1CN(C(=O)CSCc1cccc(Cl)c1)[C@H](C)C(=O)NC(C)C. The van der Waals surface area contributed by atoms with Crippen LogP contribution in [0.4, 0.5) is 0 Å². The lowest BCUT2D eigenvalue weighted by Gasteiger charge is -2.30. The average molecular weight is 433 g/mol. The minimum atomic E-state index is -0.545. The second-order valence-electron chi connectivity index (χ2n) is 7.41. The van der Waals surface area contributed by atoms with Crippen LogP contribution in [0.1, 0.15) is 37.5 Å². The number of benzene rings is 2. The van der Waals surface area contributed by atoms with E-state index < -0.39 is 6.04 Å². The molecular formula is C23H29ClN2O2S. The summed E-state index contributed by atoms with van der Waals surface area (Å²) in [5.74, 6) is 0.808. The lowest BCUT2D eigenvalue weighted by molar-refractivity contribution is -0.138. The molecule has 0 unspecified atom stereocenters. The van der Waals surface area contributed by atoms with Crippen LogP contribution in [0.3, 0.4) is 0 Å². The summed E-state index contributed by atoms with van der Waals surface area (Å²) in [6.07, 6.45) is 0. The Kier molecular flexibility index (Phi) is 9.05.